The summed E-state index contributed by atoms with van der Waals surface area (Å²) in [6.07, 6.45) is -1.16. The summed E-state index contributed by atoms with van der Waals surface area (Å²) in [6.45, 7) is 7.27. The van der Waals surface area contributed by atoms with Gasteiger partial charge in [-0.1, -0.05) is 30.3 Å². The second-order valence-corrected chi connectivity index (χ2v) is 7.86. The van der Waals surface area contributed by atoms with Gasteiger partial charge in [0.1, 0.15) is 18.2 Å². The molecule has 29 heavy (non-hydrogen) atoms. The van der Waals surface area contributed by atoms with Crippen LogP contribution in [0, 0.1) is 0 Å². The number of carbonyl (C=O) groups excluding carboxylic acids is 2. The first-order valence-electron chi connectivity index (χ1n) is 9.54. The highest BCUT2D eigenvalue weighted by Crippen LogP contribution is 2.09. The van der Waals surface area contributed by atoms with Gasteiger partial charge in [0, 0.05) is 32.7 Å². The maximum atomic E-state index is 12.2. The minimum absolute atomic E-state index is 0.126. The van der Waals surface area contributed by atoms with Gasteiger partial charge in [-0.25, -0.2) is 14.4 Å². The highest BCUT2D eigenvalue weighted by molar-refractivity contribution is 5.80. The van der Waals surface area contributed by atoms with E-state index in [9.17, 15) is 19.5 Å². The Kier molecular flexibility index (Phi) is 7.83. The first-order valence-corrected chi connectivity index (χ1v) is 9.54. The third-order valence-electron chi connectivity index (χ3n) is 4.27. The average molecular weight is 407 g/mol. The van der Waals surface area contributed by atoms with Crippen LogP contribution in [0.3, 0.4) is 0 Å². The molecule has 2 amide bonds. The molecule has 9 heteroatoms. The van der Waals surface area contributed by atoms with Gasteiger partial charge in [0.05, 0.1) is 0 Å². The molecule has 1 fully saturated rings. The van der Waals surface area contributed by atoms with E-state index in [0.29, 0.717) is 26.2 Å². The molecule has 1 aromatic rings. The molecule has 160 valence electrons. The van der Waals surface area contributed by atoms with Crippen LogP contribution in [-0.2, 0) is 20.9 Å². The lowest BCUT2D eigenvalue weighted by atomic mass is 10.2. The summed E-state index contributed by atoms with van der Waals surface area (Å²) in [4.78, 5) is 39.0. The fourth-order valence-electron chi connectivity index (χ4n) is 2.82. The normalized spacial score (nSPS) is 16.0. The van der Waals surface area contributed by atoms with Gasteiger partial charge in [-0.3, -0.25) is 4.90 Å². The molecule has 1 heterocycles. The monoisotopic (exact) mass is 407 g/mol. The predicted octanol–water partition coefficient (Wildman–Crippen LogP) is 1.92. The van der Waals surface area contributed by atoms with Crippen LogP contribution < -0.4 is 5.32 Å². The van der Waals surface area contributed by atoms with Crippen molar-refractivity contribution in [3.63, 3.8) is 0 Å². The van der Waals surface area contributed by atoms with E-state index in [0.717, 1.165) is 5.56 Å². The highest BCUT2D eigenvalue weighted by Gasteiger charge is 2.29. The smallest absolute Gasteiger partial charge is 0.410 e. The Labute approximate surface area is 170 Å². The fourth-order valence-corrected chi connectivity index (χ4v) is 2.82. The van der Waals surface area contributed by atoms with Gasteiger partial charge in [-0.05, 0) is 26.3 Å². The first kappa shape index (κ1) is 22.5. The Morgan fingerprint density at radius 3 is 2.28 bits per heavy atom. The molecular formula is C20H29N3O6. The van der Waals surface area contributed by atoms with Crippen LogP contribution in [0.5, 0.6) is 0 Å². The molecule has 0 bridgehead atoms. The number of rotatable bonds is 6. The molecule has 9 nitrogen and oxygen atoms in total. The van der Waals surface area contributed by atoms with Crippen molar-refractivity contribution in [1.29, 1.82) is 0 Å². The number of piperazine rings is 1. The molecule has 1 saturated heterocycles. The third kappa shape index (κ3) is 7.98. The molecule has 0 spiro atoms. The molecule has 2 N–H and O–H groups in total. The number of carbonyl (C=O) groups is 3. The van der Waals surface area contributed by atoms with Crippen molar-refractivity contribution in [2.45, 2.75) is 39.0 Å². The number of aliphatic carboxylic acids is 1. The topological polar surface area (TPSA) is 108 Å². The van der Waals surface area contributed by atoms with Crippen LogP contribution in [0.15, 0.2) is 30.3 Å². The van der Waals surface area contributed by atoms with E-state index in [4.69, 9.17) is 9.47 Å². The van der Waals surface area contributed by atoms with Gasteiger partial charge in [0.2, 0.25) is 0 Å². The molecule has 1 atom stereocenters. The molecule has 2 rings (SSSR count). The summed E-state index contributed by atoms with van der Waals surface area (Å²) in [5.74, 6) is -1.14. The zero-order valence-electron chi connectivity index (χ0n) is 17.1. The van der Waals surface area contributed by atoms with Crippen molar-refractivity contribution in [3.8, 4) is 0 Å². The molecule has 1 aliphatic heterocycles. The van der Waals surface area contributed by atoms with Gasteiger partial charge in [0.15, 0.2) is 0 Å². The van der Waals surface area contributed by atoms with Crippen molar-refractivity contribution in [1.82, 2.24) is 15.1 Å². The van der Waals surface area contributed by atoms with Crippen molar-refractivity contribution in [3.05, 3.63) is 35.9 Å². The summed E-state index contributed by atoms with van der Waals surface area (Å²) in [5, 5.41) is 11.8. The standard InChI is InChI=1S/C20H29N3O6/c1-20(2,3)29-18(26)21-16(17(24)25)13-22-9-11-23(12-10-22)19(27)28-14-15-7-5-4-6-8-15/h4-8,16H,9-14H2,1-3H3,(H,21,26)(H,24,25). The predicted molar refractivity (Wildman–Crippen MR) is 105 cm³/mol. The number of nitrogens with one attached hydrogen (secondary N) is 1. The highest BCUT2D eigenvalue weighted by atomic mass is 16.6. The van der Waals surface area contributed by atoms with Gasteiger partial charge in [0.25, 0.3) is 0 Å². The molecule has 0 aliphatic carbocycles. The third-order valence-corrected chi connectivity index (χ3v) is 4.27. The Morgan fingerprint density at radius 2 is 1.72 bits per heavy atom. The maximum absolute atomic E-state index is 12.2. The summed E-state index contributed by atoms with van der Waals surface area (Å²) in [7, 11) is 0. The van der Waals surface area contributed by atoms with Crippen LogP contribution in [0.25, 0.3) is 0 Å². The SMILES string of the molecule is CC(C)(C)OC(=O)NC(CN1CCN(C(=O)OCc2ccccc2)CC1)C(=O)O. The van der Waals surface area contributed by atoms with E-state index >= 15 is 0 Å². The van der Waals surface area contributed by atoms with E-state index in [-0.39, 0.29) is 13.2 Å². The Morgan fingerprint density at radius 1 is 1.10 bits per heavy atom. The zero-order valence-corrected chi connectivity index (χ0v) is 17.1. The summed E-state index contributed by atoms with van der Waals surface area (Å²) < 4.78 is 10.4. The largest absolute Gasteiger partial charge is 0.480 e. The van der Waals surface area contributed by atoms with E-state index in [2.05, 4.69) is 5.32 Å². The van der Waals surface area contributed by atoms with Crippen molar-refractivity contribution in [2.24, 2.45) is 0 Å². The lowest BCUT2D eigenvalue weighted by Gasteiger charge is -2.35. The van der Waals surface area contributed by atoms with Crippen LogP contribution in [0.4, 0.5) is 9.59 Å². The van der Waals surface area contributed by atoms with Crippen LogP contribution >= 0.6 is 0 Å². The number of carboxylic acid groups (broad SMARTS) is 1. The summed E-state index contributed by atoms with van der Waals surface area (Å²) in [5.41, 5.74) is 0.204. The number of amides is 2. The van der Waals surface area contributed by atoms with Crippen LogP contribution in [-0.4, -0.2) is 77.4 Å². The Hall–Kier alpha value is -2.81. The van der Waals surface area contributed by atoms with Gasteiger partial charge >= 0.3 is 18.2 Å². The Balaban J connectivity index is 1.77. The second kappa shape index (κ2) is 10.1. The maximum Gasteiger partial charge on any atom is 0.410 e. The molecule has 0 radical (unpaired) electrons. The van der Waals surface area contributed by atoms with E-state index < -0.39 is 29.8 Å². The number of hydrogen-bond donors (Lipinski definition) is 2. The zero-order chi connectivity index (χ0) is 21.4. The molecule has 0 aromatic heterocycles. The molecule has 1 aliphatic rings. The van der Waals surface area contributed by atoms with Crippen molar-refractivity contribution < 1.29 is 29.0 Å². The molecular weight excluding hydrogens is 378 g/mol. The molecule has 1 aromatic carbocycles. The minimum atomic E-state index is -1.14. The lowest BCUT2D eigenvalue weighted by Crippen LogP contribution is -2.55. The number of hydrogen-bond acceptors (Lipinski definition) is 6. The lowest BCUT2D eigenvalue weighted by molar-refractivity contribution is -0.140. The van der Waals surface area contributed by atoms with Crippen LogP contribution in [0.2, 0.25) is 0 Å². The van der Waals surface area contributed by atoms with E-state index in [1.54, 1.807) is 25.7 Å². The van der Waals surface area contributed by atoms with E-state index in [1.165, 1.54) is 0 Å². The second-order valence-electron chi connectivity index (χ2n) is 7.86. The van der Waals surface area contributed by atoms with Crippen molar-refractivity contribution >= 4 is 18.2 Å². The molecule has 1 unspecified atom stereocenters. The van der Waals surface area contributed by atoms with Gasteiger partial charge in [-0.15, -0.1) is 0 Å². The summed E-state index contributed by atoms with van der Waals surface area (Å²) in [6, 6.07) is 8.33. The van der Waals surface area contributed by atoms with Gasteiger partial charge < -0.3 is 24.8 Å². The van der Waals surface area contributed by atoms with Crippen LogP contribution in [0.1, 0.15) is 26.3 Å². The Bertz CT molecular complexity index is 696. The van der Waals surface area contributed by atoms with E-state index in [1.807, 2.05) is 35.2 Å². The quantitative estimate of drug-likeness (QED) is 0.742. The number of carboxylic acids is 1. The van der Waals surface area contributed by atoms with Gasteiger partial charge in [-0.2, -0.15) is 0 Å². The minimum Gasteiger partial charge on any atom is -0.480 e. The number of nitrogens with zero attached hydrogens (tertiary/aromatic N) is 2. The molecule has 0 saturated carbocycles. The average Bonchev–Trinajstić information content (AvgIpc) is 2.65. The van der Waals surface area contributed by atoms with Crippen molar-refractivity contribution in [2.75, 3.05) is 32.7 Å². The number of alkyl carbamates (subject to hydrolysis) is 1. The summed E-state index contributed by atoms with van der Waals surface area (Å²) >= 11 is 0. The fraction of sp³-hybridized carbons (Fsp3) is 0.550. The first-order chi connectivity index (χ1) is 13.6. The number of benzene rings is 1. The number of ether oxygens (including phenoxy) is 2.